The average Bonchev–Trinajstić information content (AvgIpc) is 2.41. The van der Waals surface area contributed by atoms with Crippen LogP contribution in [0.3, 0.4) is 0 Å². The fourth-order valence-electron chi connectivity index (χ4n) is 2.83. The van der Waals surface area contributed by atoms with Gasteiger partial charge in [0.25, 0.3) is 0 Å². The van der Waals surface area contributed by atoms with Crippen LogP contribution in [0, 0.1) is 5.82 Å². The zero-order chi connectivity index (χ0) is 14.5. The standard InChI is InChI=1S/C15H22BrFN2O/c1-3-6-19-7-8-20-14(10-18-2)15(19)12-5-4-11(16)9-13(12)17/h4-5,9,14-15,18H,3,6-8,10H2,1-2H3. The quantitative estimate of drug-likeness (QED) is 0.888. The van der Waals surface area contributed by atoms with E-state index >= 15 is 0 Å². The molecule has 2 unspecified atom stereocenters. The van der Waals surface area contributed by atoms with Gasteiger partial charge in [-0.1, -0.05) is 28.9 Å². The molecule has 0 saturated carbocycles. The van der Waals surface area contributed by atoms with Gasteiger partial charge in [0.15, 0.2) is 0 Å². The minimum atomic E-state index is -0.169. The lowest BCUT2D eigenvalue weighted by molar-refractivity contribution is -0.0714. The molecule has 0 bridgehead atoms. The van der Waals surface area contributed by atoms with Gasteiger partial charge in [-0.2, -0.15) is 0 Å². The first-order valence-electron chi connectivity index (χ1n) is 7.12. The predicted octanol–water partition coefficient (Wildman–Crippen LogP) is 2.96. The molecule has 1 N–H and O–H groups in total. The molecule has 2 atom stereocenters. The highest BCUT2D eigenvalue weighted by molar-refractivity contribution is 9.10. The van der Waals surface area contributed by atoms with Crippen molar-refractivity contribution < 1.29 is 9.13 Å². The maximum absolute atomic E-state index is 14.3. The lowest BCUT2D eigenvalue weighted by Gasteiger charge is -2.41. The van der Waals surface area contributed by atoms with Gasteiger partial charge in [0.2, 0.25) is 0 Å². The van der Waals surface area contributed by atoms with Crippen molar-refractivity contribution in [2.75, 3.05) is 33.3 Å². The fraction of sp³-hybridized carbons (Fsp3) is 0.600. The second kappa shape index (κ2) is 7.50. The molecular formula is C15H22BrFN2O. The molecule has 1 heterocycles. The van der Waals surface area contributed by atoms with E-state index in [0.29, 0.717) is 6.61 Å². The first-order valence-corrected chi connectivity index (χ1v) is 7.91. The molecule has 5 heteroatoms. The first kappa shape index (κ1) is 15.9. The highest BCUT2D eigenvalue weighted by Crippen LogP contribution is 2.32. The van der Waals surface area contributed by atoms with E-state index < -0.39 is 0 Å². The SMILES string of the molecule is CCCN1CCOC(CNC)C1c1ccc(Br)cc1F. The maximum atomic E-state index is 14.3. The van der Waals surface area contributed by atoms with Gasteiger partial charge in [-0.05, 0) is 32.1 Å². The molecule has 0 spiro atoms. The summed E-state index contributed by atoms with van der Waals surface area (Å²) in [6, 6.07) is 5.27. The van der Waals surface area contributed by atoms with Crippen LogP contribution in [-0.2, 0) is 4.74 Å². The van der Waals surface area contributed by atoms with Gasteiger partial charge in [-0.3, -0.25) is 4.90 Å². The monoisotopic (exact) mass is 344 g/mol. The normalized spacial score (nSPS) is 24.0. The van der Waals surface area contributed by atoms with E-state index in [-0.39, 0.29) is 18.0 Å². The Morgan fingerprint density at radius 1 is 1.50 bits per heavy atom. The van der Waals surface area contributed by atoms with Gasteiger partial charge in [0.05, 0.1) is 18.8 Å². The number of nitrogens with zero attached hydrogens (tertiary/aromatic N) is 1. The molecule has 1 saturated heterocycles. The van der Waals surface area contributed by atoms with E-state index in [2.05, 4.69) is 33.1 Å². The molecule has 0 aromatic heterocycles. The highest BCUT2D eigenvalue weighted by Gasteiger charge is 2.34. The summed E-state index contributed by atoms with van der Waals surface area (Å²) in [6.07, 6.45) is 1.04. The van der Waals surface area contributed by atoms with Crippen LogP contribution in [0.1, 0.15) is 24.9 Å². The van der Waals surface area contributed by atoms with Crippen molar-refractivity contribution in [1.29, 1.82) is 0 Å². The fourth-order valence-corrected chi connectivity index (χ4v) is 3.17. The van der Waals surface area contributed by atoms with Crippen molar-refractivity contribution in [3.8, 4) is 0 Å². The second-order valence-electron chi connectivity index (χ2n) is 5.11. The topological polar surface area (TPSA) is 24.5 Å². The molecule has 1 aliphatic rings. The second-order valence-corrected chi connectivity index (χ2v) is 6.03. The molecule has 20 heavy (non-hydrogen) atoms. The Bertz CT molecular complexity index is 426. The molecule has 3 nitrogen and oxygen atoms in total. The molecule has 1 aromatic carbocycles. The van der Waals surface area contributed by atoms with Gasteiger partial charge < -0.3 is 10.1 Å². The molecular weight excluding hydrogens is 323 g/mol. The zero-order valence-corrected chi connectivity index (χ0v) is 13.6. The number of nitrogens with one attached hydrogen (secondary N) is 1. The number of benzene rings is 1. The third kappa shape index (κ3) is 3.58. The van der Waals surface area contributed by atoms with Crippen LogP contribution in [0.25, 0.3) is 0 Å². The van der Waals surface area contributed by atoms with Crippen LogP contribution in [0.4, 0.5) is 4.39 Å². The molecule has 1 aliphatic heterocycles. The van der Waals surface area contributed by atoms with Gasteiger partial charge in [-0.15, -0.1) is 0 Å². The summed E-state index contributed by atoms with van der Waals surface area (Å²) in [4.78, 5) is 2.33. The summed E-state index contributed by atoms with van der Waals surface area (Å²) >= 11 is 3.31. The van der Waals surface area contributed by atoms with E-state index in [1.165, 1.54) is 6.07 Å². The molecule has 112 valence electrons. The largest absolute Gasteiger partial charge is 0.374 e. The zero-order valence-electron chi connectivity index (χ0n) is 12.0. The van der Waals surface area contributed by atoms with Gasteiger partial charge in [0.1, 0.15) is 5.82 Å². The summed E-state index contributed by atoms with van der Waals surface area (Å²) in [7, 11) is 1.90. The Balaban J connectivity index is 2.32. The Hall–Kier alpha value is -0.490. The van der Waals surface area contributed by atoms with E-state index in [9.17, 15) is 4.39 Å². The Kier molecular flexibility index (Phi) is 5.96. The van der Waals surface area contributed by atoms with Crippen molar-refractivity contribution >= 4 is 15.9 Å². The van der Waals surface area contributed by atoms with Gasteiger partial charge >= 0.3 is 0 Å². The number of hydrogen-bond acceptors (Lipinski definition) is 3. The Morgan fingerprint density at radius 2 is 2.30 bits per heavy atom. The molecule has 1 fully saturated rings. The molecule has 0 aliphatic carbocycles. The van der Waals surface area contributed by atoms with E-state index in [4.69, 9.17) is 4.74 Å². The van der Waals surface area contributed by atoms with E-state index in [0.717, 1.165) is 36.1 Å². The van der Waals surface area contributed by atoms with Crippen LogP contribution >= 0.6 is 15.9 Å². The van der Waals surface area contributed by atoms with Crippen LogP contribution in [0.5, 0.6) is 0 Å². The molecule has 2 rings (SSSR count). The van der Waals surface area contributed by atoms with Crippen molar-refractivity contribution in [2.45, 2.75) is 25.5 Å². The number of halogens is 2. The molecule has 0 amide bonds. The summed E-state index contributed by atoms with van der Waals surface area (Å²) < 4.78 is 21.0. The molecule has 1 aromatic rings. The van der Waals surface area contributed by atoms with Crippen molar-refractivity contribution in [2.24, 2.45) is 0 Å². The summed E-state index contributed by atoms with van der Waals surface area (Å²) in [5.41, 5.74) is 0.724. The van der Waals surface area contributed by atoms with Gasteiger partial charge in [-0.25, -0.2) is 4.39 Å². The van der Waals surface area contributed by atoms with Crippen LogP contribution in [-0.4, -0.2) is 44.3 Å². The van der Waals surface area contributed by atoms with Crippen molar-refractivity contribution in [1.82, 2.24) is 10.2 Å². The smallest absolute Gasteiger partial charge is 0.129 e. The number of hydrogen-bond donors (Lipinski definition) is 1. The summed E-state index contributed by atoms with van der Waals surface area (Å²) in [5, 5.41) is 3.15. The summed E-state index contributed by atoms with van der Waals surface area (Å²) in [5.74, 6) is -0.169. The van der Waals surface area contributed by atoms with Gasteiger partial charge in [0, 0.05) is 23.1 Å². The first-order chi connectivity index (χ1) is 9.67. The lowest BCUT2D eigenvalue weighted by atomic mass is 9.97. The number of likely N-dealkylation sites (N-methyl/N-ethyl adjacent to an activating group) is 1. The maximum Gasteiger partial charge on any atom is 0.129 e. The third-order valence-corrected chi connectivity index (χ3v) is 4.15. The van der Waals surface area contributed by atoms with Crippen molar-refractivity contribution in [3.63, 3.8) is 0 Å². The van der Waals surface area contributed by atoms with Crippen LogP contribution in [0.15, 0.2) is 22.7 Å². The number of ether oxygens (including phenoxy) is 1. The Labute approximate surface area is 128 Å². The lowest BCUT2D eigenvalue weighted by Crippen LogP contribution is -2.49. The van der Waals surface area contributed by atoms with Crippen molar-refractivity contribution in [3.05, 3.63) is 34.1 Å². The number of rotatable bonds is 5. The Morgan fingerprint density at radius 3 is 2.95 bits per heavy atom. The number of morpholine rings is 1. The van der Waals surface area contributed by atoms with E-state index in [1.807, 2.05) is 19.2 Å². The molecule has 0 radical (unpaired) electrons. The minimum Gasteiger partial charge on any atom is -0.374 e. The van der Waals surface area contributed by atoms with Crippen LogP contribution < -0.4 is 5.32 Å². The third-order valence-electron chi connectivity index (χ3n) is 3.65. The average molecular weight is 345 g/mol. The van der Waals surface area contributed by atoms with E-state index in [1.54, 1.807) is 0 Å². The highest BCUT2D eigenvalue weighted by atomic mass is 79.9. The van der Waals surface area contributed by atoms with Crippen LogP contribution in [0.2, 0.25) is 0 Å². The minimum absolute atomic E-state index is 0.0176. The summed E-state index contributed by atoms with van der Waals surface area (Å²) in [6.45, 7) is 5.40. The predicted molar refractivity (Wildman–Crippen MR) is 82.4 cm³/mol.